The molecule has 1 aliphatic rings. The summed E-state index contributed by atoms with van der Waals surface area (Å²) in [7, 11) is -3.46. The highest BCUT2D eigenvalue weighted by molar-refractivity contribution is 7.88. The number of hydrogen-bond donors (Lipinski definition) is 1. The number of nitrogens with zero attached hydrogens (tertiary/aromatic N) is 2. The zero-order valence-electron chi connectivity index (χ0n) is 15.0. The lowest BCUT2D eigenvalue weighted by Gasteiger charge is -2.28. The monoisotopic (exact) mass is 389 g/mol. The molecule has 7 nitrogen and oxygen atoms in total. The Balaban J connectivity index is 1.42. The predicted octanol–water partition coefficient (Wildman–Crippen LogP) is 2.46. The zero-order chi connectivity index (χ0) is 19.3. The lowest BCUT2D eigenvalue weighted by atomic mass is 10.00. The summed E-state index contributed by atoms with van der Waals surface area (Å²) < 4.78 is 27.0. The van der Waals surface area contributed by atoms with Crippen LogP contribution < -0.4 is 4.72 Å². The number of hydrogen-bond acceptors (Lipinski definition) is 5. The van der Waals surface area contributed by atoms with Crippen LogP contribution in [-0.2, 0) is 28.7 Å². The molecule has 0 fully saturated rings. The van der Waals surface area contributed by atoms with Gasteiger partial charge in [0.1, 0.15) is 0 Å². The van der Waals surface area contributed by atoms with E-state index in [4.69, 9.17) is 0 Å². The molecule has 27 heavy (non-hydrogen) atoms. The standard InChI is InChI=1S/C19H23N3O4S/c23-22(24)19-8-6-16(7-9-19)15-27(25,26)20-11-3-12-21-13-10-17-4-1-2-5-18(17)14-21/h1-2,4-9,20H,3,10-15H2. The van der Waals surface area contributed by atoms with Crippen LogP contribution in [0.2, 0.25) is 0 Å². The van der Waals surface area contributed by atoms with Crippen LogP contribution in [0.25, 0.3) is 0 Å². The number of sulfonamides is 1. The second kappa shape index (κ2) is 8.60. The van der Waals surface area contributed by atoms with E-state index in [2.05, 4.69) is 33.9 Å². The SMILES string of the molecule is O=[N+]([O-])c1ccc(CS(=O)(=O)NCCCN2CCc3ccccc3C2)cc1. The quantitative estimate of drug-likeness (QED) is 0.425. The highest BCUT2D eigenvalue weighted by Gasteiger charge is 2.16. The smallest absolute Gasteiger partial charge is 0.269 e. The van der Waals surface area contributed by atoms with Crippen molar-refractivity contribution in [2.45, 2.75) is 25.1 Å². The summed E-state index contributed by atoms with van der Waals surface area (Å²) in [6.07, 6.45) is 1.77. The number of fused-ring (bicyclic) bond motifs is 1. The Kier molecular flexibility index (Phi) is 6.20. The van der Waals surface area contributed by atoms with Crippen LogP contribution in [0.5, 0.6) is 0 Å². The fourth-order valence-electron chi connectivity index (χ4n) is 3.26. The molecule has 0 unspecified atom stereocenters. The van der Waals surface area contributed by atoms with Gasteiger partial charge in [-0.2, -0.15) is 0 Å². The highest BCUT2D eigenvalue weighted by atomic mass is 32.2. The van der Waals surface area contributed by atoms with Gasteiger partial charge in [-0.15, -0.1) is 0 Å². The summed E-state index contributed by atoms with van der Waals surface area (Å²) in [6, 6.07) is 14.0. The molecule has 0 spiro atoms. The van der Waals surface area contributed by atoms with Crippen molar-refractivity contribution in [3.8, 4) is 0 Å². The van der Waals surface area contributed by atoms with Gasteiger partial charge in [-0.3, -0.25) is 15.0 Å². The summed E-state index contributed by atoms with van der Waals surface area (Å²) in [6.45, 7) is 3.13. The first-order valence-electron chi connectivity index (χ1n) is 8.93. The number of non-ortho nitro benzene ring substituents is 1. The molecule has 0 atom stereocenters. The summed E-state index contributed by atoms with van der Waals surface area (Å²) >= 11 is 0. The fraction of sp³-hybridized carbons (Fsp3) is 0.368. The molecule has 0 amide bonds. The Morgan fingerprint density at radius 2 is 1.78 bits per heavy atom. The van der Waals surface area contributed by atoms with Crippen LogP contribution in [-0.4, -0.2) is 37.9 Å². The maximum absolute atomic E-state index is 12.2. The van der Waals surface area contributed by atoms with Crippen molar-refractivity contribution in [2.75, 3.05) is 19.6 Å². The highest BCUT2D eigenvalue weighted by Crippen LogP contribution is 2.18. The first kappa shape index (κ1) is 19.5. The van der Waals surface area contributed by atoms with Crippen molar-refractivity contribution in [1.29, 1.82) is 0 Å². The van der Waals surface area contributed by atoms with Gasteiger partial charge in [0.05, 0.1) is 10.7 Å². The zero-order valence-corrected chi connectivity index (χ0v) is 15.8. The van der Waals surface area contributed by atoms with Crippen LogP contribution in [0.3, 0.4) is 0 Å². The molecule has 1 aliphatic heterocycles. The molecule has 0 saturated heterocycles. The van der Waals surface area contributed by atoms with Gasteiger partial charge in [0.25, 0.3) is 5.69 Å². The Morgan fingerprint density at radius 1 is 1.07 bits per heavy atom. The van der Waals surface area contributed by atoms with Gasteiger partial charge in [0.15, 0.2) is 0 Å². The molecule has 0 saturated carbocycles. The molecule has 0 bridgehead atoms. The molecule has 3 rings (SSSR count). The van der Waals surface area contributed by atoms with Gasteiger partial charge in [0, 0.05) is 31.8 Å². The number of nitro groups is 1. The number of benzene rings is 2. The average molecular weight is 389 g/mol. The van der Waals surface area contributed by atoms with Crippen molar-refractivity contribution < 1.29 is 13.3 Å². The molecule has 0 radical (unpaired) electrons. The van der Waals surface area contributed by atoms with E-state index in [0.29, 0.717) is 12.1 Å². The third-order valence-electron chi connectivity index (χ3n) is 4.69. The Morgan fingerprint density at radius 3 is 2.48 bits per heavy atom. The molecule has 8 heteroatoms. The molecule has 144 valence electrons. The van der Waals surface area contributed by atoms with Crippen LogP contribution in [0.4, 0.5) is 5.69 Å². The summed E-state index contributed by atoms with van der Waals surface area (Å²) in [4.78, 5) is 12.5. The first-order valence-corrected chi connectivity index (χ1v) is 10.6. The van der Waals surface area contributed by atoms with Crippen molar-refractivity contribution >= 4 is 15.7 Å². The average Bonchev–Trinajstić information content (AvgIpc) is 2.65. The van der Waals surface area contributed by atoms with Gasteiger partial charge in [0.2, 0.25) is 10.0 Å². The minimum atomic E-state index is -3.46. The number of nitrogens with one attached hydrogen (secondary N) is 1. The van der Waals surface area contributed by atoms with E-state index in [0.717, 1.165) is 32.5 Å². The Hall–Kier alpha value is -2.29. The van der Waals surface area contributed by atoms with Crippen LogP contribution in [0.1, 0.15) is 23.1 Å². The minimum Gasteiger partial charge on any atom is -0.299 e. The van der Waals surface area contributed by atoms with Crippen molar-refractivity contribution in [3.05, 3.63) is 75.3 Å². The molecule has 0 aromatic heterocycles. The third kappa shape index (κ3) is 5.59. The van der Waals surface area contributed by atoms with Gasteiger partial charge >= 0.3 is 0 Å². The van der Waals surface area contributed by atoms with Gasteiger partial charge in [-0.1, -0.05) is 36.4 Å². The van der Waals surface area contributed by atoms with Crippen LogP contribution in [0, 0.1) is 10.1 Å². The van der Waals surface area contributed by atoms with Gasteiger partial charge in [-0.05, 0) is 36.1 Å². The maximum Gasteiger partial charge on any atom is 0.269 e. The van der Waals surface area contributed by atoms with Crippen LogP contribution >= 0.6 is 0 Å². The molecule has 2 aromatic carbocycles. The largest absolute Gasteiger partial charge is 0.299 e. The van der Waals surface area contributed by atoms with Crippen molar-refractivity contribution in [1.82, 2.24) is 9.62 Å². The van der Waals surface area contributed by atoms with Crippen molar-refractivity contribution in [2.24, 2.45) is 0 Å². The Labute approximate surface area is 159 Å². The van der Waals surface area contributed by atoms with E-state index in [1.165, 1.54) is 35.4 Å². The number of rotatable bonds is 8. The predicted molar refractivity (Wildman–Crippen MR) is 104 cm³/mol. The third-order valence-corrected chi connectivity index (χ3v) is 6.04. The Bertz CT molecular complexity index is 897. The minimum absolute atomic E-state index is 0.0489. The van der Waals surface area contributed by atoms with Gasteiger partial charge < -0.3 is 0 Å². The second-order valence-corrected chi connectivity index (χ2v) is 8.53. The summed E-state index contributed by atoms with van der Waals surface area (Å²) in [5.41, 5.74) is 3.23. The molecule has 0 aliphatic carbocycles. The number of nitro benzene ring substituents is 1. The summed E-state index contributed by atoms with van der Waals surface area (Å²) in [5.74, 6) is -0.178. The maximum atomic E-state index is 12.2. The van der Waals surface area contributed by atoms with Crippen LogP contribution in [0.15, 0.2) is 48.5 Å². The molecular weight excluding hydrogens is 366 g/mol. The molecule has 1 heterocycles. The fourth-order valence-corrected chi connectivity index (χ4v) is 4.45. The molecule has 2 aromatic rings. The van der Waals surface area contributed by atoms with E-state index in [-0.39, 0.29) is 11.4 Å². The van der Waals surface area contributed by atoms with Crippen molar-refractivity contribution in [3.63, 3.8) is 0 Å². The lowest BCUT2D eigenvalue weighted by Crippen LogP contribution is -2.34. The lowest BCUT2D eigenvalue weighted by molar-refractivity contribution is -0.384. The first-order chi connectivity index (χ1) is 12.9. The summed E-state index contributed by atoms with van der Waals surface area (Å²) in [5, 5.41) is 10.6. The topological polar surface area (TPSA) is 92.5 Å². The molecule has 1 N–H and O–H groups in total. The van der Waals surface area contributed by atoms with Gasteiger partial charge in [-0.25, -0.2) is 13.1 Å². The van der Waals surface area contributed by atoms with E-state index in [1.807, 2.05) is 0 Å². The van der Waals surface area contributed by atoms with E-state index < -0.39 is 14.9 Å². The second-order valence-electron chi connectivity index (χ2n) is 6.73. The van der Waals surface area contributed by atoms with E-state index in [9.17, 15) is 18.5 Å². The molecular formula is C19H23N3O4S. The van der Waals surface area contributed by atoms with E-state index >= 15 is 0 Å². The normalized spacial score (nSPS) is 14.7. The van der Waals surface area contributed by atoms with E-state index in [1.54, 1.807) is 0 Å².